The number of rotatable bonds is 4. The zero-order chi connectivity index (χ0) is 17.3. The summed E-state index contributed by atoms with van der Waals surface area (Å²) >= 11 is 0. The predicted molar refractivity (Wildman–Crippen MR) is 102 cm³/mol. The molecule has 3 heterocycles. The van der Waals surface area contributed by atoms with Crippen molar-refractivity contribution >= 4 is 5.82 Å². The number of hydrogen-bond acceptors (Lipinski definition) is 5. The molecule has 2 aliphatic heterocycles. The molecule has 0 bridgehead atoms. The molecule has 0 saturated heterocycles. The van der Waals surface area contributed by atoms with Crippen LogP contribution in [0.5, 0.6) is 0 Å². The van der Waals surface area contributed by atoms with E-state index in [0.29, 0.717) is 5.92 Å². The zero-order valence-corrected chi connectivity index (χ0v) is 15.1. The van der Waals surface area contributed by atoms with Crippen molar-refractivity contribution in [1.82, 2.24) is 15.3 Å². The van der Waals surface area contributed by atoms with E-state index in [2.05, 4.69) is 34.9 Å². The Morgan fingerprint density at radius 2 is 1.96 bits per heavy atom. The largest absolute Gasteiger partial charge is 0.371 e. The number of benzene rings is 1. The molecule has 1 saturated carbocycles. The van der Waals surface area contributed by atoms with Crippen molar-refractivity contribution < 1.29 is 4.74 Å². The third kappa shape index (κ3) is 3.21. The highest BCUT2D eigenvalue weighted by atomic mass is 16.5. The fourth-order valence-electron chi connectivity index (χ4n) is 4.07. The van der Waals surface area contributed by atoms with E-state index >= 15 is 0 Å². The molecule has 5 rings (SSSR count). The summed E-state index contributed by atoms with van der Waals surface area (Å²) in [7, 11) is 0. The predicted octanol–water partition coefficient (Wildman–Crippen LogP) is 2.77. The smallest absolute Gasteiger partial charge is 0.134 e. The van der Waals surface area contributed by atoms with Crippen molar-refractivity contribution in [3.8, 4) is 0 Å². The van der Waals surface area contributed by atoms with Gasteiger partial charge in [0.1, 0.15) is 11.6 Å². The van der Waals surface area contributed by atoms with Gasteiger partial charge in [-0.15, -0.1) is 0 Å². The molecule has 1 atom stereocenters. The van der Waals surface area contributed by atoms with Crippen LogP contribution in [-0.2, 0) is 24.0 Å². The van der Waals surface area contributed by atoms with E-state index in [9.17, 15) is 0 Å². The second kappa shape index (κ2) is 6.97. The van der Waals surface area contributed by atoms with Crippen LogP contribution in [0.3, 0.4) is 0 Å². The molecule has 0 amide bonds. The lowest BCUT2D eigenvalue weighted by atomic mass is 9.97. The molecule has 1 aromatic carbocycles. The Bertz CT molecular complexity index is 803. The molecule has 0 radical (unpaired) electrons. The molecular formula is C21H26N4O. The Kier molecular flexibility index (Phi) is 4.35. The molecule has 1 unspecified atom stereocenters. The normalized spacial score (nSPS) is 22.2. The number of nitrogens with zero attached hydrogens (tertiary/aromatic N) is 2. The molecular weight excluding hydrogens is 324 g/mol. The van der Waals surface area contributed by atoms with E-state index in [1.165, 1.54) is 35.2 Å². The Labute approximate surface area is 154 Å². The van der Waals surface area contributed by atoms with Crippen LogP contribution in [0.1, 0.15) is 53.1 Å². The van der Waals surface area contributed by atoms with Gasteiger partial charge in [0, 0.05) is 31.0 Å². The summed E-state index contributed by atoms with van der Waals surface area (Å²) in [6, 6.07) is 8.64. The van der Waals surface area contributed by atoms with Crippen molar-refractivity contribution in [2.24, 2.45) is 0 Å². The van der Waals surface area contributed by atoms with Crippen LogP contribution in [0.15, 0.2) is 24.3 Å². The number of aromatic nitrogens is 2. The zero-order valence-electron chi connectivity index (χ0n) is 15.1. The summed E-state index contributed by atoms with van der Waals surface area (Å²) in [4.78, 5) is 9.83. The van der Waals surface area contributed by atoms with E-state index in [0.717, 1.165) is 57.1 Å². The molecule has 1 aromatic heterocycles. The average molecular weight is 350 g/mol. The Morgan fingerprint density at radius 3 is 2.88 bits per heavy atom. The lowest BCUT2D eigenvalue weighted by molar-refractivity contribution is 0.0513. The first kappa shape index (κ1) is 16.2. The van der Waals surface area contributed by atoms with Gasteiger partial charge in [0.15, 0.2) is 0 Å². The minimum atomic E-state index is 0.0962. The quantitative estimate of drug-likeness (QED) is 0.888. The second-order valence-electron chi connectivity index (χ2n) is 7.57. The minimum Gasteiger partial charge on any atom is -0.371 e. The van der Waals surface area contributed by atoms with Crippen LogP contribution in [0, 0.1) is 0 Å². The van der Waals surface area contributed by atoms with Gasteiger partial charge in [0.2, 0.25) is 0 Å². The first-order valence-electron chi connectivity index (χ1n) is 9.92. The third-order valence-electron chi connectivity index (χ3n) is 5.69. The standard InChI is InChI=1S/C21H26N4O/c1-2-4-16-14(3-1)9-12-26-19(16)13-23-21-17-7-10-22-11-8-18(17)24-20(25-21)15-5-6-15/h1-4,15,19,22H,5-13H2,(H,23,24,25). The van der Waals surface area contributed by atoms with Gasteiger partial charge in [-0.2, -0.15) is 0 Å². The second-order valence-corrected chi connectivity index (χ2v) is 7.57. The van der Waals surface area contributed by atoms with Crippen molar-refractivity contribution in [3.63, 3.8) is 0 Å². The summed E-state index contributed by atoms with van der Waals surface area (Å²) < 4.78 is 6.07. The van der Waals surface area contributed by atoms with Crippen molar-refractivity contribution in [3.05, 3.63) is 52.5 Å². The van der Waals surface area contributed by atoms with Crippen LogP contribution in [0.2, 0.25) is 0 Å². The summed E-state index contributed by atoms with van der Waals surface area (Å²) in [6.45, 7) is 3.56. The van der Waals surface area contributed by atoms with Crippen LogP contribution in [-0.4, -0.2) is 36.2 Å². The van der Waals surface area contributed by atoms with Gasteiger partial charge in [-0.25, -0.2) is 9.97 Å². The van der Waals surface area contributed by atoms with Crippen molar-refractivity contribution in [2.75, 3.05) is 31.6 Å². The average Bonchev–Trinajstić information content (AvgIpc) is 3.52. The van der Waals surface area contributed by atoms with Gasteiger partial charge in [-0.05, 0) is 43.4 Å². The van der Waals surface area contributed by atoms with Crippen molar-refractivity contribution in [1.29, 1.82) is 0 Å². The molecule has 0 spiro atoms. The van der Waals surface area contributed by atoms with Gasteiger partial charge in [0.05, 0.1) is 18.4 Å². The summed E-state index contributed by atoms with van der Waals surface area (Å²) in [5, 5.41) is 7.11. The molecule has 1 aliphatic carbocycles. The van der Waals surface area contributed by atoms with Crippen molar-refractivity contribution in [2.45, 2.75) is 44.1 Å². The van der Waals surface area contributed by atoms with Crippen LogP contribution in [0.4, 0.5) is 5.82 Å². The van der Waals surface area contributed by atoms with Gasteiger partial charge in [-0.1, -0.05) is 24.3 Å². The van der Waals surface area contributed by atoms with E-state index in [1.807, 2.05) is 0 Å². The lowest BCUT2D eigenvalue weighted by Crippen LogP contribution is -2.24. The molecule has 2 N–H and O–H groups in total. The molecule has 5 nitrogen and oxygen atoms in total. The Morgan fingerprint density at radius 1 is 1.08 bits per heavy atom. The fraction of sp³-hybridized carbons (Fsp3) is 0.524. The third-order valence-corrected chi connectivity index (χ3v) is 5.69. The monoisotopic (exact) mass is 350 g/mol. The molecule has 3 aliphatic rings. The fourth-order valence-corrected chi connectivity index (χ4v) is 4.07. The lowest BCUT2D eigenvalue weighted by Gasteiger charge is -2.27. The highest BCUT2D eigenvalue weighted by Crippen LogP contribution is 2.39. The summed E-state index contributed by atoms with van der Waals surface area (Å²) in [5.74, 6) is 2.65. The SMILES string of the molecule is c1ccc2c(c1)CCOC2CNc1nc(C2CC2)nc2c1CCNCC2. The molecule has 2 aromatic rings. The maximum atomic E-state index is 6.07. The first-order chi connectivity index (χ1) is 12.9. The molecule has 136 valence electrons. The first-order valence-corrected chi connectivity index (χ1v) is 9.92. The van der Waals surface area contributed by atoms with Crippen LogP contribution < -0.4 is 10.6 Å². The molecule has 26 heavy (non-hydrogen) atoms. The van der Waals surface area contributed by atoms with E-state index in [-0.39, 0.29) is 6.10 Å². The van der Waals surface area contributed by atoms with Gasteiger partial charge < -0.3 is 15.4 Å². The maximum Gasteiger partial charge on any atom is 0.134 e. The van der Waals surface area contributed by atoms with Crippen LogP contribution in [0.25, 0.3) is 0 Å². The number of fused-ring (bicyclic) bond motifs is 2. The van der Waals surface area contributed by atoms with Crippen LogP contribution >= 0.6 is 0 Å². The Balaban J connectivity index is 1.41. The summed E-state index contributed by atoms with van der Waals surface area (Å²) in [6.07, 6.45) is 5.55. The van der Waals surface area contributed by atoms with Gasteiger partial charge in [-0.3, -0.25) is 0 Å². The van der Waals surface area contributed by atoms with E-state index in [4.69, 9.17) is 14.7 Å². The molecule has 1 fully saturated rings. The molecule has 5 heteroatoms. The van der Waals surface area contributed by atoms with Gasteiger partial charge >= 0.3 is 0 Å². The highest BCUT2D eigenvalue weighted by Gasteiger charge is 2.29. The van der Waals surface area contributed by atoms with E-state index in [1.54, 1.807) is 0 Å². The van der Waals surface area contributed by atoms with Gasteiger partial charge in [0.25, 0.3) is 0 Å². The Hall–Kier alpha value is -1.98. The number of hydrogen-bond donors (Lipinski definition) is 2. The maximum absolute atomic E-state index is 6.07. The summed E-state index contributed by atoms with van der Waals surface area (Å²) in [5.41, 5.74) is 5.26. The highest BCUT2D eigenvalue weighted by molar-refractivity contribution is 5.49. The number of ether oxygens (including phenoxy) is 1. The number of nitrogens with one attached hydrogen (secondary N) is 2. The number of anilines is 1. The van der Waals surface area contributed by atoms with E-state index < -0.39 is 0 Å². The topological polar surface area (TPSA) is 59.1 Å². The minimum absolute atomic E-state index is 0.0962.